The highest BCUT2D eigenvalue weighted by atomic mass is 32.2. The summed E-state index contributed by atoms with van der Waals surface area (Å²) in [6.07, 6.45) is 0. The Morgan fingerprint density at radius 1 is 0.914 bits per heavy atom. The largest absolute Gasteiger partial charge is 0.325 e. The Balaban J connectivity index is 1.53. The Bertz CT molecular complexity index is 1410. The predicted octanol–water partition coefficient (Wildman–Crippen LogP) is 4.51. The van der Waals surface area contributed by atoms with Crippen LogP contribution in [0.3, 0.4) is 0 Å². The van der Waals surface area contributed by atoms with Crippen LogP contribution in [0.4, 0.5) is 11.4 Å². The number of thioether (sulfide) groups is 1. The second-order valence-electron chi connectivity index (χ2n) is 7.79. The average molecular weight is 486 g/mol. The van der Waals surface area contributed by atoms with Crippen molar-refractivity contribution in [2.75, 3.05) is 10.6 Å². The number of nitrogens with one attached hydrogen (secondary N) is 3. The van der Waals surface area contributed by atoms with Gasteiger partial charge in [-0.1, -0.05) is 59.8 Å². The lowest BCUT2D eigenvalue weighted by Crippen LogP contribution is -2.23. The van der Waals surface area contributed by atoms with Crippen molar-refractivity contribution < 1.29 is 9.59 Å². The lowest BCUT2D eigenvalue weighted by molar-refractivity contribution is -0.115. The molecule has 0 saturated heterocycles. The predicted molar refractivity (Wildman–Crippen MR) is 138 cm³/mol. The third-order valence-electron chi connectivity index (χ3n) is 5.09. The van der Waals surface area contributed by atoms with Crippen molar-refractivity contribution in [3.63, 3.8) is 0 Å². The van der Waals surface area contributed by atoms with Crippen LogP contribution in [-0.4, -0.2) is 32.2 Å². The highest BCUT2D eigenvalue weighted by Crippen LogP contribution is 2.27. The van der Waals surface area contributed by atoms with Crippen LogP contribution in [0.2, 0.25) is 0 Å². The van der Waals surface area contributed by atoms with Gasteiger partial charge in [0.15, 0.2) is 10.9 Å². The maximum atomic E-state index is 12.9. The van der Waals surface area contributed by atoms with E-state index < -0.39 is 10.8 Å². The van der Waals surface area contributed by atoms with Crippen LogP contribution in [0, 0.1) is 6.92 Å². The number of para-hydroxylation sites is 1. The number of aromatic amines is 1. The molecule has 3 aromatic carbocycles. The molecule has 0 aliphatic rings. The quantitative estimate of drug-likeness (QED) is 0.332. The van der Waals surface area contributed by atoms with Crippen molar-refractivity contribution in [1.82, 2.24) is 15.2 Å². The first kappa shape index (κ1) is 23.9. The number of H-pyrrole nitrogens is 1. The first-order valence-corrected chi connectivity index (χ1v) is 11.8. The Kier molecular flexibility index (Phi) is 7.37. The van der Waals surface area contributed by atoms with Gasteiger partial charge >= 0.3 is 0 Å². The summed E-state index contributed by atoms with van der Waals surface area (Å²) in [4.78, 5) is 40.8. The SMILES string of the molecule is Cc1ccc(NC(=O)c2ccccc2)c(-c2nnc(S[C@@H](C)C(=O)Nc3ccccc3)[nH]c2=O)c1. The highest BCUT2D eigenvalue weighted by molar-refractivity contribution is 8.00. The molecule has 1 heterocycles. The number of amides is 2. The van der Waals surface area contributed by atoms with Crippen molar-refractivity contribution in [2.45, 2.75) is 24.3 Å². The van der Waals surface area contributed by atoms with E-state index in [9.17, 15) is 14.4 Å². The molecule has 0 aliphatic heterocycles. The minimum Gasteiger partial charge on any atom is -0.325 e. The fourth-order valence-electron chi connectivity index (χ4n) is 3.28. The molecule has 0 bridgehead atoms. The summed E-state index contributed by atoms with van der Waals surface area (Å²) in [5.74, 6) is -0.525. The molecule has 1 aromatic heterocycles. The Labute approximate surface area is 206 Å². The second-order valence-corrected chi connectivity index (χ2v) is 9.12. The lowest BCUT2D eigenvalue weighted by Gasteiger charge is -2.13. The zero-order chi connectivity index (χ0) is 24.8. The maximum Gasteiger partial charge on any atom is 0.278 e. The number of carbonyl (C=O) groups is 2. The van der Waals surface area contributed by atoms with Crippen LogP contribution in [-0.2, 0) is 4.79 Å². The van der Waals surface area contributed by atoms with Crippen molar-refractivity contribution in [3.05, 3.63) is 100 Å². The summed E-state index contributed by atoms with van der Waals surface area (Å²) in [5, 5.41) is 13.6. The first-order valence-electron chi connectivity index (χ1n) is 10.9. The van der Waals surface area contributed by atoms with Crippen molar-refractivity contribution in [1.29, 1.82) is 0 Å². The van der Waals surface area contributed by atoms with Gasteiger partial charge in [0.05, 0.1) is 10.9 Å². The zero-order valence-electron chi connectivity index (χ0n) is 19.1. The Morgan fingerprint density at radius 2 is 1.60 bits per heavy atom. The van der Waals surface area contributed by atoms with Crippen molar-refractivity contribution in [3.8, 4) is 11.3 Å². The van der Waals surface area contributed by atoms with Gasteiger partial charge in [-0.2, -0.15) is 0 Å². The standard InChI is InChI=1S/C26H23N5O3S/c1-16-13-14-21(28-24(33)18-9-5-3-6-10-18)20(15-16)22-25(34)29-26(31-30-22)35-17(2)23(32)27-19-11-7-4-8-12-19/h3-15,17H,1-2H3,(H,27,32)(H,28,33)(H,29,31,34)/t17-/m0/s1. The molecule has 176 valence electrons. The molecule has 0 fully saturated rings. The summed E-state index contributed by atoms with van der Waals surface area (Å²) in [5.41, 5.74) is 2.57. The average Bonchev–Trinajstić information content (AvgIpc) is 2.86. The van der Waals surface area contributed by atoms with Crippen LogP contribution in [0.5, 0.6) is 0 Å². The molecule has 9 heteroatoms. The molecule has 0 saturated carbocycles. The van der Waals surface area contributed by atoms with Gasteiger partial charge in [0.2, 0.25) is 5.91 Å². The van der Waals surface area contributed by atoms with E-state index in [0.717, 1.165) is 17.3 Å². The van der Waals surface area contributed by atoms with Crippen LogP contribution in [0.25, 0.3) is 11.3 Å². The summed E-state index contributed by atoms with van der Waals surface area (Å²) in [6.45, 7) is 3.60. The number of carbonyl (C=O) groups excluding carboxylic acids is 2. The van der Waals surface area contributed by atoms with Crippen molar-refractivity contribution in [2.24, 2.45) is 0 Å². The monoisotopic (exact) mass is 485 g/mol. The lowest BCUT2D eigenvalue weighted by atomic mass is 10.1. The second kappa shape index (κ2) is 10.8. The number of nitrogens with zero attached hydrogens (tertiary/aromatic N) is 2. The molecule has 0 unspecified atom stereocenters. The number of benzene rings is 3. The first-order chi connectivity index (χ1) is 16.9. The molecule has 2 amide bonds. The number of rotatable bonds is 7. The van der Waals surface area contributed by atoms with Crippen molar-refractivity contribution >= 4 is 35.0 Å². The van der Waals surface area contributed by atoms with Gasteiger partial charge in [-0.25, -0.2) is 0 Å². The number of aromatic nitrogens is 3. The molecule has 0 aliphatic carbocycles. The van der Waals surface area contributed by atoms with Crippen LogP contribution in [0.15, 0.2) is 88.8 Å². The zero-order valence-corrected chi connectivity index (χ0v) is 19.9. The van der Waals surface area contributed by atoms with E-state index in [1.807, 2.05) is 37.3 Å². The summed E-state index contributed by atoms with van der Waals surface area (Å²) in [7, 11) is 0. The molecule has 3 N–H and O–H groups in total. The van der Waals surface area contributed by atoms with Crippen LogP contribution < -0.4 is 16.2 Å². The topological polar surface area (TPSA) is 117 Å². The Hall–Kier alpha value is -4.24. The minimum absolute atomic E-state index is 0.0720. The molecule has 4 rings (SSSR count). The van der Waals surface area contributed by atoms with Gasteiger partial charge in [0.25, 0.3) is 11.5 Å². The maximum absolute atomic E-state index is 12.9. The molecule has 35 heavy (non-hydrogen) atoms. The van der Waals surface area contributed by atoms with Gasteiger partial charge in [0, 0.05) is 16.8 Å². The number of hydrogen-bond acceptors (Lipinski definition) is 6. The van der Waals surface area contributed by atoms with Crippen LogP contribution in [0.1, 0.15) is 22.8 Å². The fraction of sp³-hybridized carbons (Fsp3) is 0.115. The number of anilines is 2. The van der Waals surface area contributed by atoms with E-state index >= 15 is 0 Å². The van der Waals surface area contributed by atoms with E-state index in [2.05, 4.69) is 25.8 Å². The van der Waals surface area contributed by atoms with Gasteiger partial charge < -0.3 is 10.6 Å². The highest BCUT2D eigenvalue weighted by Gasteiger charge is 2.19. The molecular formula is C26H23N5O3S. The van der Waals surface area contributed by atoms with E-state index in [0.29, 0.717) is 22.5 Å². The van der Waals surface area contributed by atoms with E-state index in [-0.39, 0.29) is 22.7 Å². The molecule has 1 atom stereocenters. The fourth-order valence-corrected chi connectivity index (χ4v) is 4.03. The smallest absolute Gasteiger partial charge is 0.278 e. The Morgan fingerprint density at radius 3 is 2.29 bits per heavy atom. The molecule has 4 aromatic rings. The third kappa shape index (κ3) is 6.01. The molecule has 0 spiro atoms. The van der Waals surface area contributed by atoms with Gasteiger partial charge in [-0.3, -0.25) is 19.4 Å². The number of hydrogen-bond donors (Lipinski definition) is 3. The van der Waals surface area contributed by atoms with E-state index in [4.69, 9.17) is 0 Å². The summed E-state index contributed by atoms with van der Waals surface area (Å²) >= 11 is 1.09. The normalized spacial score (nSPS) is 11.5. The van der Waals surface area contributed by atoms with Gasteiger partial charge in [-0.15, -0.1) is 10.2 Å². The summed E-state index contributed by atoms with van der Waals surface area (Å²) in [6, 6.07) is 23.2. The molecular weight excluding hydrogens is 462 g/mol. The van der Waals surface area contributed by atoms with E-state index in [1.165, 1.54) is 0 Å². The summed E-state index contributed by atoms with van der Waals surface area (Å²) < 4.78 is 0. The molecule has 0 radical (unpaired) electrons. The van der Waals surface area contributed by atoms with Gasteiger partial charge in [0.1, 0.15) is 0 Å². The number of aryl methyl sites for hydroxylation is 1. The van der Waals surface area contributed by atoms with Crippen LogP contribution >= 0.6 is 11.8 Å². The molecule has 8 nitrogen and oxygen atoms in total. The van der Waals surface area contributed by atoms with E-state index in [1.54, 1.807) is 55.5 Å². The third-order valence-corrected chi connectivity index (χ3v) is 6.06. The minimum atomic E-state index is -0.523. The van der Waals surface area contributed by atoms with Gasteiger partial charge in [-0.05, 0) is 50.2 Å².